The first-order chi connectivity index (χ1) is 13.3. The van der Waals surface area contributed by atoms with Crippen molar-refractivity contribution in [3.05, 3.63) is 77.1 Å². The number of benzene rings is 2. The molecule has 138 valence electrons. The molecule has 0 bridgehead atoms. The van der Waals surface area contributed by atoms with E-state index in [0.717, 1.165) is 35.1 Å². The van der Waals surface area contributed by atoms with Gasteiger partial charge in [0.1, 0.15) is 0 Å². The number of hydrogen-bond acceptors (Lipinski definition) is 4. The second-order valence-corrected chi connectivity index (χ2v) is 7.27. The monoisotopic (exact) mass is 378 g/mol. The first-order valence-corrected chi connectivity index (χ1v) is 9.83. The number of anilines is 3. The summed E-state index contributed by atoms with van der Waals surface area (Å²) in [6, 6.07) is 18.3. The lowest BCUT2D eigenvalue weighted by molar-refractivity contribution is 0.578. The quantitative estimate of drug-likeness (QED) is 0.640. The Kier molecular flexibility index (Phi) is 5.54. The summed E-state index contributed by atoms with van der Waals surface area (Å²) in [4.78, 5) is 11.4. The van der Waals surface area contributed by atoms with Gasteiger partial charge in [-0.3, -0.25) is 0 Å². The number of aromatic nitrogens is 2. The van der Waals surface area contributed by atoms with Crippen LogP contribution < -0.4 is 10.2 Å². The zero-order valence-electron chi connectivity index (χ0n) is 15.2. The lowest BCUT2D eigenvalue weighted by atomic mass is 10.1. The maximum absolute atomic E-state index is 6.26. The van der Waals surface area contributed by atoms with Crippen LogP contribution in [0.5, 0.6) is 0 Å². The molecule has 0 aliphatic carbocycles. The fourth-order valence-corrected chi connectivity index (χ4v) is 3.63. The minimum Gasteiger partial charge on any atom is -0.372 e. The Morgan fingerprint density at radius 2 is 1.70 bits per heavy atom. The molecule has 2 heterocycles. The van der Waals surface area contributed by atoms with Crippen molar-refractivity contribution in [3.63, 3.8) is 0 Å². The maximum atomic E-state index is 6.26. The summed E-state index contributed by atoms with van der Waals surface area (Å²) >= 11 is 6.26. The average Bonchev–Trinajstić information content (AvgIpc) is 2.71. The molecular formula is C22H23ClN4. The molecule has 0 amide bonds. The van der Waals surface area contributed by atoms with E-state index in [9.17, 15) is 0 Å². The van der Waals surface area contributed by atoms with Crippen LogP contribution in [0.1, 0.15) is 30.5 Å². The van der Waals surface area contributed by atoms with Crippen LogP contribution in [-0.4, -0.2) is 23.1 Å². The van der Waals surface area contributed by atoms with E-state index in [2.05, 4.69) is 44.5 Å². The van der Waals surface area contributed by atoms with Crippen molar-refractivity contribution in [1.82, 2.24) is 9.97 Å². The van der Waals surface area contributed by atoms with Crippen LogP contribution >= 0.6 is 11.6 Å². The lowest BCUT2D eigenvalue weighted by Gasteiger charge is -2.28. The number of piperidine rings is 1. The van der Waals surface area contributed by atoms with E-state index < -0.39 is 0 Å². The highest BCUT2D eigenvalue weighted by Gasteiger charge is 2.10. The maximum Gasteiger partial charge on any atom is 0.227 e. The molecule has 4 nitrogen and oxygen atoms in total. The summed E-state index contributed by atoms with van der Waals surface area (Å²) in [5.74, 6) is 0.602. The minimum absolute atomic E-state index is 0.602. The van der Waals surface area contributed by atoms with Crippen LogP contribution in [0.4, 0.5) is 17.3 Å². The van der Waals surface area contributed by atoms with E-state index in [1.54, 1.807) is 6.20 Å². The van der Waals surface area contributed by atoms with Crippen molar-refractivity contribution in [2.45, 2.75) is 25.7 Å². The number of hydrogen-bond donors (Lipinski definition) is 1. The standard InChI is InChI=1S/C22H23ClN4/c23-21-7-3-2-6-17(21)16-19-12-13-24-22(26-19)25-18-8-10-20(11-9-18)27-14-4-1-5-15-27/h2-3,6-13H,1,4-5,14-16H2,(H,24,25,26). The largest absolute Gasteiger partial charge is 0.372 e. The van der Waals surface area contributed by atoms with Gasteiger partial charge in [-0.2, -0.15) is 0 Å². The van der Waals surface area contributed by atoms with Gasteiger partial charge in [0, 0.05) is 42.1 Å². The molecule has 1 saturated heterocycles. The average molecular weight is 379 g/mol. The Balaban J connectivity index is 1.44. The van der Waals surface area contributed by atoms with Crippen molar-refractivity contribution >= 4 is 28.9 Å². The number of rotatable bonds is 5. The van der Waals surface area contributed by atoms with Crippen molar-refractivity contribution in [2.24, 2.45) is 0 Å². The van der Waals surface area contributed by atoms with Crippen molar-refractivity contribution in [1.29, 1.82) is 0 Å². The van der Waals surface area contributed by atoms with E-state index >= 15 is 0 Å². The normalized spacial score (nSPS) is 14.2. The predicted octanol–water partition coefficient (Wildman–Crippen LogP) is 5.45. The summed E-state index contributed by atoms with van der Waals surface area (Å²) in [6.45, 7) is 2.31. The third-order valence-corrected chi connectivity index (χ3v) is 5.26. The molecule has 5 heteroatoms. The van der Waals surface area contributed by atoms with E-state index in [1.807, 2.05) is 30.3 Å². The summed E-state index contributed by atoms with van der Waals surface area (Å²) < 4.78 is 0. The Morgan fingerprint density at radius 3 is 2.48 bits per heavy atom. The van der Waals surface area contributed by atoms with Gasteiger partial charge in [0.15, 0.2) is 0 Å². The second-order valence-electron chi connectivity index (χ2n) is 6.86. The molecule has 0 atom stereocenters. The van der Waals surface area contributed by atoms with Gasteiger partial charge in [0.25, 0.3) is 0 Å². The van der Waals surface area contributed by atoms with Gasteiger partial charge in [-0.15, -0.1) is 0 Å². The number of nitrogens with one attached hydrogen (secondary N) is 1. The molecule has 27 heavy (non-hydrogen) atoms. The van der Waals surface area contributed by atoms with Crippen LogP contribution in [0.25, 0.3) is 0 Å². The van der Waals surface area contributed by atoms with Crippen molar-refractivity contribution in [3.8, 4) is 0 Å². The molecule has 1 aromatic heterocycles. The van der Waals surface area contributed by atoms with Gasteiger partial charge in [0.05, 0.1) is 5.69 Å². The third-order valence-electron chi connectivity index (χ3n) is 4.89. The predicted molar refractivity (Wildman–Crippen MR) is 112 cm³/mol. The molecule has 0 saturated carbocycles. The molecule has 0 radical (unpaired) electrons. The number of nitrogens with zero attached hydrogens (tertiary/aromatic N) is 3. The van der Waals surface area contributed by atoms with Crippen molar-refractivity contribution in [2.75, 3.05) is 23.3 Å². The minimum atomic E-state index is 0.602. The van der Waals surface area contributed by atoms with Gasteiger partial charge >= 0.3 is 0 Å². The molecule has 1 N–H and O–H groups in total. The van der Waals surface area contributed by atoms with E-state index in [1.165, 1.54) is 24.9 Å². The third kappa shape index (κ3) is 4.58. The molecule has 1 aliphatic heterocycles. The van der Waals surface area contributed by atoms with Crippen LogP contribution in [0.15, 0.2) is 60.8 Å². The Labute approximate surface area is 165 Å². The Hall–Kier alpha value is -2.59. The van der Waals surface area contributed by atoms with E-state index in [4.69, 9.17) is 11.6 Å². The number of halogens is 1. The Bertz CT molecular complexity index is 889. The summed E-state index contributed by atoms with van der Waals surface area (Å²) in [7, 11) is 0. The van der Waals surface area contributed by atoms with Gasteiger partial charge in [-0.05, 0) is 61.2 Å². The smallest absolute Gasteiger partial charge is 0.227 e. The summed E-state index contributed by atoms with van der Waals surface area (Å²) in [5, 5.41) is 4.06. The van der Waals surface area contributed by atoms with Crippen molar-refractivity contribution < 1.29 is 0 Å². The SMILES string of the molecule is Clc1ccccc1Cc1ccnc(Nc2ccc(N3CCCCC3)cc2)n1. The highest BCUT2D eigenvalue weighted by atomic mass is 35.5. The second kappa shape index (κ2) is 8.40. The summed E-state index contributed by atoms with van der Waals surface area (Å²) in [6.07, 6.45) is 6.38. The molecule has 1 aliphatic rings. The highest BCUT2D eigenvalue weighted by molar-refractivity contribution is 6.31. The molecule has 4 rings (SSSR count). The first-order valence-electron chi connectivity index (χ1n) is 9.45. The van der Waals surface area contributed by atoms with Gasteiger partial charge in [-0.25, -0.2) is 9.97 Å². The van der Waals surface area contributed by atoms with Gasteiger partial charge < -0.3 is 10.2 Å². The fraction of sp³-hybridized carbons (Fsp3) is 0.273. The fourth-order valence-electron chi connectivity index (χ4n) is 3.43. The van der Waals surface area contributed by atoms with E-state index in [0.29, 0.717) is 12.4 Å². The topological polar surface area (TPSA) is 41.1 Å². The summed E-state index contributed by atoms with van der Waals surface area (Å²) in [5.41, 5.74) is 4.28. The highest BCUT2D eigenvalue weighted by Crippen LogP contribution is 2.23. The van der Waals surface area contributed by atoms with Gasteiger partial charge in [0.2, 0.25) is 5.95 Å². The molecule has 0 spiro atoms. The van der Waals surface area contributed by atoms with Gasteiger partial charge in [-0.1, -0.05) is 29.8 Å². The van der Waals surface area contributed by atoms with Crippen LogP contribution in [0.2, 0.25) is 5.02 Å². The van der Waals surface area contributed by atoms with Crippen LogP contribution in [0.3, 0.4) is 0 Å². The molecule has 3 aromatic rings. The molecule has 0 unspecified atom stereocenters. The Morgan fingerprint density at radius 1 is 0.926 bits per heavy atom. The van der Waals surface area contributed by atoms with Crippen LogP contribution in [-0.2, 0) is 6.42 Å². The lowest BCUT2D eigenvalue weighted by Crippen LogP contribution is -2.29. The zero-order valence-corrected chi connectivity index (χ0v) is 16.0. The van der Waals surface area contributed by atoms with E-state index in [-0.39, 0.29) is 0 Å². The van der Waals surface area contributed by atoms with Crippen LogP contribution in [0, 0.1) is 0 Å². The zero-order chi connectivity index (χ0) is 18.5. The molecular weight excluding hydrogens is 356 g/mol. The first kappa shape index (κ1) is 17.8. The molecule has 2 aromatic carbocycles. The molecule has 1 fully saturated rings.